The maximum atomic E-state index is 6.59. The molecule has 3 aliphatic rings. The Morgan fingerprint density at radius 1 is 0.248 bits per heavy atom. The molecular formula is C103H70IN3O2. The number of halogens is 1. The van der Waals surface area contributed by atoms with Crippen molar-refractivity contribution >= 4 is 132 Å². The van der Waals surface area contributed by atoms with Crippen molar-refractivity contribution < 1.29 is 8.83 Å². The number of para-hydroxylation sites is 5. The SMILES string of the molecule is CC1(C)c2ccccc2-c2cc3c(cc21)Cc1ccccc1-3.CC1(C)c2ccccc2-c2cc3c4ccccc4n(-c4ccc5oc6cccc(-c7ccc8c(c7)c7ccccc7n8-c7ccccc7)c6c5c4)c3cc21.Ic1ccc2oc3cccc(-c4ccc5c(c4)c4ccccc4n5-c4ccccc4)c3c2c1. The first-order valence-corrected chi connectivity index (χ1v) is 38.8. The molecule has 0 atom stereocenters. The highest BCUT2D eigenvalue weighted by Crippen LogP contribution is 2.54. The Morgan fingerprint density at radius 2 is 0.679 bits per heavy atom. The number of benzene rings is 16. The molecule has 5 aromatic heterocycles. The van der Waals surface area contributed by atoms with E-state index in [2.05, 4.69) is 404 Å². The summed E-state index contributed by atoms with van der Waals surface area (Å²) in [5.41, 5.74) is 36.2. The van der Waals surface area contributed by atoms with Crippen LogP contribution in [0.4, 0.5) is 0 Å². The minimum absolute atomic E-state index is 0.0878. The molecule has 24 rings (SSSR count). The fourth-order valence-corrected chi connectivity index (χ4v) is 19.5. The highest BCUT2D eigenvalue weighted by atomic mass is 127. The van der Waals surface area contributed by atoms with Crippen LogP contribution in [0.2, 0.25) is 0 Å². The van der Waals surface area contributed by atoms with Gasteiger partial charge in [-0.3, -0.25) is 0 Å². The lowest BCUT2D eigenvalue weighted by atomic mass is 9.81. The Kier molecular flexibility index (Phi) is 14.1. The van der Waals surface area contributed by atoms with Crippen molar-refractivity contribution in [1.82, 2.24) is 13.7 Å². The van der Waals surface area contributed by atoms with Crippen molar-refractivity contribution in [1.29, 1.82) is 0 Å². The first-order valence-electron chi connectivity index (χ1n) is 37.8. The summed E-state index contributed by atoms with van der Waals surface area (Å²) < 4.78 is 21.2. The molecule has 3 aliphatic carbocycles. The smallest absolute Gasteiger partial charge is 0.136 e. The van der Waals surface area contributed by atoms with Gasteiger partial charge in [-0.25, -0.2) is 0 Å². The van der Waals surface area contributed by atoms with Crippen LogP contribution in [0.1, 0.15) is 61.1 Å². The van der Waals surface area contributed by atoms with E-state index >= 15 is 0 Å². The van der Waals surface area contributed by atoms with Gasteiger partial charge in [-0.2, -0.15) is 0 Å². The van der Waals surface area contributed by atoms with Gasteiger partial charge in [0.25, 0.3) is 0 Å². The monoisotopic (exact) mass is 1510 g/mol. The molecule has 0 aliphatic heterocycles. The number of fused-ring (bicyclic) bond motifs is 24. The largest absolute Gasteiger partial charge is 0.456 e. The van der Waals surface area contributed by atoms with E-state index in [0.717, 1.165) is 50.9 Å². The van der Waals surface area contributed by atoms with Crippen LogP contribution in [0.15, 0.2) is 349 Å². The van der Waals surface area contributed by atoms with Crippen LogP contribution in [0.5, 0.6) is 0 Å². The zero-order valence-corrected chi connectivity index (χ0v) is 62.7. The van der Waals surface area contributed by atoms with E-state index in [1.165, 1.54) is 174 Å². The summed E-state index contributed by atoms with van der Waals surface area (Å²) in [6.07, 6.45) is 1.07. The predicted molar refractivity (Wildman–Crippen MR) is 464 cm³/mol. The van der Waals surface area contributed by atoms with Crippen molar-refractivity contribution in [2.75, 3.05) is 0 Å². The van der Waals surface area contributed by atoms with Crippen molar-refractivity contribution in [3.05, 3.63) is 377 Å². The third kappa shape index (κ3) is 9.63. The lowest BCUT2D eigenvalue weighted by Crippen LogP contribution is -2.15. The van der Waals surface area contributed by atoms with Gasteiger partial charge >= 0.3 is 0 Å². The molecule has 16 aromatic carbocycles. The van der Waals surface area contributed by atoms with Crippen LogP contribution in [-0.2, 0) is 17.3 Å². The Bertz CT molecular complexity index is 7400. The van der Waals surface area contributed by atoms with Gasteiger partial charge in [0.2, 0.25) is 0 Å². The fraction of sp³-hybridized carbons (Fsp3) is 0.0680. The summed E-state index contributed by atoms with van der Waals surface area (Å²) in [5.74, 6) is 0. The molecule has 0 N–H and O–H groups in total. The van der Waals surface area contributed by atoms with Crippen molar-refractivity contribution in [2.24, 2.45) is 0 Å². The summed E-state index contributed by atoms with van der Waals surface area (Å²) in [5, 5.41) is 12.1. The van der Waals surface area contributed by atoms with E-state index in [1.54, 1.807) is 0 Å². The molecule has 516 valence electrons. The van der Waals surface area contributed by atoms with Crippen LogP contribution >= 0.6 is 22.6 Å². The van der Waals surface area contributed by atoms with E-state index in [1.807, 2.05) is 0 Å². The topological polar surface area (TPSA) is 41.1 Å². The summed E-state index contributed by atoms with van der Waals surface area (Å²) in [6, 6.07) is 123. The summed E-state index contributed by atoms with van der Waals surface area (Å²) >= 11 is 2.37. The molecule has 5 nitrogen and oxygen atoms in total. The molecule has 0 fully saturated rings. The van der Waals surface area contributed by atoms with Crippen LogP contribution in [0.25, 0.3) is 182 Å². The second kappa shape index (κ2) is 24.1. The minimum Gasteiger partial charge on any atom is -0.456 e. The Balaban J connectivity index is 0.000000113. The zero-order valence-electron chi connectivity index (χ0n) is 60.6. The predicted octanol–water partition coefficient (Wildman–Crippen LogP) is 28.3. The van der Waals surface area contributed by atoms with Crippen LogP contribution in [0, 0.1) is 3.57 Å². The van der Waals surface area contributed by atoms with Gasteiger partial charge in [-0.05, 0) is 251 Å². The van der Waals surface area contributed by atoms with E-state index in [0.29, 0.717) is 0 Å². The molecule has 0 bridgehead atoms. The van der Waals surface area contributed by atoms with E-state index in [9.17, 15) is 0 Å². The molecule has 6 heteroatoms. The lowest BCUT2D eigenvalue weighted by molar-refractivity contribution is 0.659. The zero-order chi connectivity index (χ0) is 72.5. The second-order valence-corrected chi connectivity index (χ2v) is 32.0. The third-order valence-electron chi connectivity index (χ3n) is 24.1. The van der Waals surface area contributed by atoms with E-state index in [4.69, 9.17) is 8.83 Å². The number of aromatic nitrogens is 3. The minimum atomic E-state index is -0.0878. The quantitative estimate of drug-likeness (QED) is 0.161. The number of hydrogen-bond donors (Lipinski definition) is 0. The molecule has 0 unspecified atom stereocenters. The summed E-state index contributed by atoms with van der Waals surface area (Å²) in [4.78, 5) is 0. The van der Waals surface area contributed by atoms with Gasteiger partial charge in [-0.15, -0.1) is 0 Å². The molecule has 21 aromatic rings. The number of hydrogen-bond acceptors (Lipinski definition) is 2. The van der Waals surface area contributed by atoms with E-state index < -0.39 is 0 Å². The third-order valence-corrected chi connectivity index (χ3v) is 24.7. The Labute approximate surface area is 643 Å². The second-order valence-electron chi connectivity index (χ2n) is 30.7. The average Bonchev–Trinajstić information content (AvgIpc) is 1.56. The van der Waals surface area contributed by atoms with Crippen LogP contribution in [-0.4, -0.2) is 13.7 Å². The van der Waals surface area contributed by atoms with Gasteiger partial charge in [0.05, 0.1) is 33.1 Å². The molecular weight excluding hydrogens is 1440 g/mol. The number of nitrogens with zero attached hydrogens (tertiary/aromatic N) is 3. The van der Waals surface area contributed by atoms with Crippen molar-refractivity contribution in [3.63, 3.8) is 0 Å². The number of rotatable bonds is 5. The molecule has 0 saturated heterocycles. The first kappa shape index (κ1) is 63.5. The Morgan fingerprint density at radius 3 is 1.24 bits per heavy atom. The first-order chi connectivity index (χ1) is 53.5. The Hall–Kier alpha value is -12.8. The standard InChI is InChI=1S/C51H34N2O.C30H18INO.C22H18/c1-51(2)42-19-9-6-15-35(42)38-29-40-37-17-8-11-21-45(37)53(47(40)30-43(38)51)33-24-26-48-41(28-33)50-34(18-12-22-49(50)54-48)31-23-25-46-39(27-31)36-16-7-10-20-44(36)52(46)32-13-4-3-5-14-32;31-20-14-16-28-25(18-20)30-22(10-6-12-29(30)33-28)19-13-15-27-24(17-19)23-9-4-5-11-26(23)32(27)21-7-2-1-3-8-21;1-22(2)20-10-6-5-9-17(20)19-13-18-15(12-21(19)22)11-14-7-3-4-8-16(14)18/h3-30H,1-2H3;1-18H;3-10,12-13H,11H2,1-2H3. The fourth-order valence-electron chi connectivity index (χ4n) is 19.0. The van der Waals surface area contributed by atoms with Gasteiger partial charge in [-0.1, -0.05) is 234 Å². The van der Waals surface area contributed by atoms with Crippen molar-refractivity contribution in [2.45, 2.75) is 44.9 Å². The molecule has 0 radical (unpaired) electrons. The maximum Gasteiger partial charge on any atom is 0.136 e. The van der Waals surface area contributed by atoms with Gasteiger partial charge in [0.1, 0.15) is 22.3 Å². The molecule has 0 saturated carbocycles. The highest BCUT2D eigenvalue weighted by Gasteiger charge is 2.38. The highest BCUT2D eigenvalue weighted by molar-refractivity contribution is 14.1. The normalized spacial score (nSPS) is 13.5. The van der Waals surface area contributed by atoms with Gasteiger partial charge in [0, 0.05) is 85.3 Å². The average molecular weight is 1510 g/mol. The van der Waals surface area contributed by atoms with Crippen LogP contribution < -0.4 is 0 Å². The van der Waals surface area contributed by atoms with Crippen LogP contribution in [0.3, 0.4) is 0 Å². The number of furan rings is 2. The molecule has 0 amide bonds. The molecule has 5 heterocycles. The molecule has 0 spiro atoms. The maximum absolute atomic E-state index is 6.59. The summed E-state index contributed by atoms with van der Waals surface area (Å²) in [7, 11) is 0. The molecule has 109 heavy (non-hydrogen) atoms. The van der Waals surface area contributed by atoms with Gasteiger partial charge < -0.3 is 22.5 Å². The summed E-state index contributed by atoms with van der Waals surface area (Å²) in [6.45, 7) is 9.43. The van der Waals surface area contributed by atoms with Gasteiger partial charge in [0.15, 0.2) is 0 Å². The van der Waals surface area contributed by atoms with Crippen molar-refractivity contribution in [3.8, 4) is 72.7 Å². The van der Waals surface area contributed by atoms with E-state index in [-0.39, 0.29) is 10.8 Å². The lowest BCUT2D eigenvalue weighted by Gasteiger charge is -2.22.